The Hall–Kier alpha value is -2.86. The van der Waals surface area contributed by atoms with Gasteiger partial charge in [-0.25, -0.2) is 9.37 Å². The van der Waals surface area contributed by atoms with E-state index in [1.54, 1.807) is 12.1 Å². The van der Waals surface area contributed by atoms with Gasteiger partial charge in [0.15, 0.2) is 0 Å². The molecule has 3 heterocycles. The first-order chi connectivity index (χ1) is 13.8. The van der Waals surface area contributed by atoms with Crippen LogP contribution in [0.1, 0.15) is 43.5 Å². The van der Waals surface area contributed by atoms with E-state index >= 15 is 0 Å². The molecule has 0 saturated heterocycles. The highest BCUT2D eigenvalue weighted by atomic mass is 19.1. The number of hydrogen-bond donors (Lipinski definition) is 1. The van der Waals surface area contributed by atoms with E-state index in [1.165, 1.54) is 12.1 Å². The summed E-state index contributed by atoms with van der Waals surface area (Å²) in [5.74, 6) is 0.480. The Bertz CT molecular complexity index is 1080. The molecule has 1 aliphatic heterocycles. The molecule has 4 rings (SSSR count). The zero-order chi connectivity index (χ0) is 20.6. The molecule has 0 bridgehead atoms. The lowest BCUT2D eigenvalue weighted by Crippen LogP contribution is -2.37. The maximum atomic E-state index is 13.2. The molecule has 1 aromatic carbocycles. The van der Waals surface area contributed by atoms with Crippen molar-refractivity contribution in [1.29, 1.82) is 0 Å². The van der Waals surface area contributed by atoms with Crippen LogP contribution in [0.3, 0.4) is 0 Å². The summed E-state index contributed by atoms with van der Waals surface area (Å²) in [7, 11) is 0. The first kappa shape index (κ1) is 19.5. The highest BCUT2D eigenvalue weighted by molar-refractivity contribution is 5.58. The third-order valence-electron chi connectivity index (χ3n) is 5.19. The Morgan fingerprint density at radius 1 is 1.10 bits per heavy atom. The van der Waals surface area contributed by atoms with Crippen molar-refractivity contribution in [2.24, 2.45) is 0 Å². The van der Waals surface area contributed by atoms with Crippen molar-refractivity contribution in [3.05, 3.63) is 81.4 Å². The smallest absolute Gasteiger partial charge is 0.255 e. The van der Waals surface area contributed by atoms with Gasteiger partial charge in [0.05, 0.1) is 22.6 Å². The number of pyridine rings is 1. The number of benzene rings is 1. The molecule has 2 aromatic heterocycles. The quantitative estimate of drug-likeness (QED) is 0.736. The van der Waals surface area contributed by atoms with Crippen LogP contribution in [-0.2, 0) is 24.9 Å². The summed E-state index contributed by atoms with van der Waals surface area (Å²) in [6.45, 7) is 8.18. The fraction of sp³-hybridized carbons (Fsp3) is 0.348. The molecule has 3 aromatic rings. The fourth-order valence-electron chi connectivity index (χ4n) is 3.55. The first-order valence-electron chi connectivity index (χ1n) is 9.86. The lowest BCUT2D eigenvalue weighted by Gasteiger charge is -2.28. The van der Waals surface area contributed by atoms with Crippen molar-refractivity contribution in [3.8, 4) is 11.3 Å². The van der Waals surface area contributed by atoms with Gasteiger partial charge in [-0.2, -0.15) is 0 Å². The van der Waals surface area contributed by atoms with Crippen LogP contribution < -0.4 is 5.56 Å². The van der Waals surface area contributed by atoms with E-state index in [4.69, 9.17) is 9.97 Å². The van der Waals surface area contributed by atoms with Crippen molar-refractivity contribution in [1.82, 2.24) is 19.9 Å². The van der Waals surface area contributed by atoms with Crippen LogP contribution >= 0.6 is 0 Å². The first-order valence-corrected chi connectivity index (χ1v) is 9.86. The van der Waals surface area contributed by atoms with Crippen LogP contribution in [0.15, 0.2) is 47.3 Å². The monoisotopic (exact) mass is 392 g/mol. The molecule has 0 unspecified atom stereocenters. The van der Waals surface area contributed by atoms with Gasteiger partial charge in [-0.15, -0.1) is 0 Å². The van der Waals surface area contributed by atoms with Crippen LogP contribution in [0.2, 0.25) is 0 Å². The number of hydrogen-bond acceptors (Lipinski definition) is 4. The largest absolute Gasteiger partial charge is 0.310 e. The molecular weight excluding hydrogens is 367 g/mol. The van der Waals surface area contributed by atoms with Crippen molar-refractivity contribution in [2.75, 3.05) is 6.54 Å². The predicted molar refractivity (Wildman–Crippen MR) is 111 cm³/mol. The Balaban J connectivity index is 1.53. The summed E-state index contributed by atoms with van der Waals surface area (Å²) in [4.78, 5) is 27.2. The molecule has 1 aliphatic rings. The van der Waals surface area contributed by atoms with Crippen LogP contribution in [0, 0.1) is 5.82 Å². The maximum absolute atomic E-state index is 13.2. The Morgan fingerprint density at radius 3 is 2.59 bits per heavy atom. The normalized spacial score (nSPS) is 14.6. The molecule has 5 nitrogen and oxygen atoms in total. The van der Waals surface area contributed by atoms with Crippen molar-refractivity contribution >= 4 is 0 Å². The predicted octanol–water partition coefficient (Wildman–Crippen LogP) is 3.83. The summed E-state index contributed by atoms with van der Waals surface area (Å²) >= 11 is 0. The van der Waals surface area contributed by atoms with Crippen molar-refractivity contribution in [2.45, 2.75) is 45.7 Å². The zero-order valence-electron chi connectivity index (χ0n) is 17.0. The molecule has 0 saturated carbocycles. The maximum Gasteiger partial charge on any atom is 0.255 e. The molecular formula is C23H25FN4O. The van der Waals surface area contributed by atoms with Gasteiger partial charge in [0.2, 0.25) is 0 Å². The topological polar surface area (TPSA) is 61.9 Å². The van der Waals surface area contributed by atoms with E-state index in [2.05, 4.69) is 9.88 Å². The van der Waals surface area contributed by atoms with Gasteiger partial charge < -0.3 is 4.98 Å². The lowest BCUT2D eigenvalue weighted by atomic mass is 9.95. The van der Waals surface area contributed by atoms with Gasteiger partial charge in [-0.3, -0.25) is 14.7 Å². The highest BCUT2D eigenvalue weighted by Crippen LogP contribution is 2.22. The van der Waals surface area contributed by atoms with E-state index in [9.17, 15) is 9.18 Å². The Kier molecular flexibility index (Phi) is 5.04. The van der Waals surface area contributed by atoms with Gasteiger partial charge in [-0.1, -0.05) is 26.8 Å². The third-order valence-corrected chi connectivity index (χ3v) is 5.19. The van der Waals surface area contributed by atoms with Gasteiger partial charge in [0, 0.05) is 37.0 Å². The van der Waals surface area contributed by atoms with Crippen LogP contribution in [0.25, 0.3) is 11.3 Å². The van der Waals surface area contributed by atoms with Gasteiger partial charge in [-0.05, 0) is 36.4 Å². The average Bonchev–Trinajstić information content (AvgIpc) is 2.68. The summed E-state index contributed by atoms with van der Waals surface area (Å²) in [6.07, 6.45) is 0.750. The number of aromatic amines is 1. The van der Waals surface area contributed by atoms with Crippen molar-refractivity contribution < 1.29 is 4.39 Å². The van der Waals surface area contributed by atoms with Gasteiger partial charge in [0.25, 0.3) is 5.56 Å². The number of rotatable bonds is 3. The van der Waals surface area contributed by atoms with Crippen LogP contribution in [0.4, 0.5) is 4.39 Å². The molecule has 0 radical (unpaired) electrons. The minimum Gasteiger partial charge on any atom is -0.310 e. The van der Waals surface area contributed by atoms with E-state index in [1.807, 2.05) is 39.0 Å². The van der Waals surface area contributed by atoms with Crippen LogP contribution in [-0.4, -0.2) is 26.4 Å². The van der Waals surface area contributed by atoms with E-state index in [0.717, 1.165) is 47.0 Å². The second-order valence-electron chi connectivity index (χ2n) is 8.57. The molecule has 29 heavy (non-hydrogen) atoms. The second-order valence-corrected chi connectivity index (χ2v) is 8.57. The van der Waals surface area contributed by atoms with E-state index in [-0.39, 0.29) is 16.8 Å². The second kappa shape index (κ2) is 7.52. The molecule has 0 amide bonds. The van der Waals surface area contributed by atoms with Crippen molar-refractivity contribution in [3.63, 3.8) is 0 Å². The SMILES string of the molecule is CC(C)(C)c1nc2c(c(=O)[nH]1)CN(Cc1cccc(-c3ccc(F)cc3)n1)CC2. The highest BCUT2D eigenvalue weighted by Gasteiger charge is 2.25. The van der Waals surface area contributed by atoms with Crippen LogP contribution in [0.5, 0.6) is 0 Å². The number of H-pyrrole nitrogens is 1. The summed E-state index contributed by atoms with van der Waals surface area (Å²) < 4.78 is 13.2. The third kappa shape index (κ3) is 4.27. The molecule has 0 aliphatic carbocycles. The number of nitrogens with zero attached hydrogens (tertiary/aromatic N) is 3. The zero-order valence-corrected chi connectivity index (χ0v) is 17.0. The molecule has 6 heteroatoms. The number of fused-ring (bicyclic) bond motifs is 1. The summed E-state index contributed by atoms with van der Waals surface area (Å²) in [5, 5.41) is 0. The van der Waals surface area contributed by atoms with Gasteiger partial charge >= 0.3 is 0 Å². The summed E-state index contributed by atoms with van der Waals surface area (Å²) in [5.41, 5.74) is 4.04. The molecule has 0 fully saturated rings. The number of aromatic nitrogens is 3. The fourth-order valence-corrected chi connectivity index (χ4v) is 3.55. The molecule has 0 spiro atoms. The Morgan fingerprint density at radius 2 is 1.86 bits per heavy atom. The standard InChI is InChI=1S/C23H25FN4O/c1-23(2,3)22-26-20-11-12-28(14-18(20)21(29)27-22)13-17-5-4-6-19(25-17)15-7-9-16(24)10-8-15/h4-10H,11-14H2,1-3H3,(H,26,27,29). The number of halogens is 1. The summed E-state index contributed by atoms with van der Waals surface area (Å²) in [6, 6.07) is 12.2. The minimum atomic E-state index is -0.259. The average molecular weight is 392 g/mol. The van der Waals surface area contributed by atoms with E-state index in [0.29, 0.717) is 13.1 Å². The van der Waals surface area contributed by atoms with E-state index < -0.39 is 0 Å². The minimum absolute atomic E-state index is 0.0438. The molecule has 150 valence electrons. The number of nitrogens with one attached hydrogen (secondary N) is 1. The molecule has 0 atom stereocenters. The van der Waals surface area contributed by atoms with Gasteiger partial charge in [0.1, 0.15) is 11.6 Å². The molecule has 1 N–H and O–H groups in total. The Labute approximate surface area is 169 Å². The lowest BCUT2D eigenvalue weighted by molar-refractivity contribution is 0.238.